The fourth-order valence-corrected chi connectivity index (χ4v) is 4.91. The van der Waals surface area contributed by atoms with Crippen LogP contribution in [0, 0.1) is 23.5 Å². The van der Waals surface area contributed by atoms with Crippen LogP contribution in [0.3, 0.4) is 0 Å². The molecule has 0 saturated carbocycles. The maximum atomic E-state index is 14.1. The van der Waals surface area contributed by atoms with Crippen LogP contribution < -0.4 is 5.32 Å². The van der Waals surface area contributed by atoms with Crippen LogP contribution in [0.5, 0.6) is 0 Å². The molecule has 34 heavy (non-hydrogen) atoms. The van der Waals surface area contributed by atoms with Crippen molar-refractivity contribution in [1.82, 2.24) is 9.80 Å². The minimum absolute atomic E-state index is 0.0194. The molecule has 2 aliphatic rings. The summed E-state index contributed by atoms with van der Waals surface area (Å²) in [6.07, 6.45) is 1.67. The van der Waals surface area contributed by atoms with Gasteiger partial charge in [0.05, 0.1) is 12.3 Å². The standard InChI is InChI=1S/C26H29F2N3O3/c1-34-14-4-5-18-6-8-19(9-7-18)25-23-16-30(12-2-3-13-31(23)24(25)17-32)26(33)29-22-15-20(27)10-11-21(22)28/h6-11,15,23-25,32H,2-3,12-14,16-17H2,1H3,(H,29,33)/t23-,24-,25-/m1/s1. The molecule has 2 aromatic rings. The lowest BCUT2D eigenvalue weighted by atomic mass is 9.74. The van der Waals surface area contributed by atoms with E-state index in [1.165, 1.54) is 0 Å². The molecule has 2 amide bonds. The number of methoxy groups -OCH3 is 1. The van der Waals surface area contributed by atoms with E-state index in [0.29, 0.717) is 19.7 Å². The monoisotopic (exact) mass is 469 g/mol. The molecule has 0 aliphatic carbocycles. The first-order chi connectivity index (χ1) is 16.5. The number of aliphatic hydroxyl groups excluding tert-OH is 1. The van der Waals surface area contributed by atoms with Crippen LogP contribution in [0.25, 0.3) is 0 Å². The number of benzene rings is 2. The fourth-order valence-electron chi connectivity index (χ4n) is 4.91. The molecule has 0 bridgehead atoms. The number of halogens is 2. The topological polar surface area (TPSA) is 65.0 Å². The van der Waals surface area contributed by atoms with E-state index in [4.69, 9.17) is 4.74 Å². The van der Waals surface area contributed by atoms with Crippen LogP contribution in [0.2, 0.25) is 0 Å². The molecule has 2 fully saturated rings. The second kappa shape index (κ2) is 11.0. The summed E-state index contributed by atoms with van der Waals surface area (Å²) in [6, 6.07) is 10.5. The summed E-state index contributed by atoms with van der Waals surface area (Å²) in [6.45, 7) is 2.20. The molecule has 2 heterocycles. The van der Waals surface area contributed by atoms with Gasteiger partial charge in [0.15, 0.2) is 0 Å². The molecule has 180 valence electrons. The van der Waals surface area contributed by atoms with Crippen molar-refractivity contribution in [1.29, 1.82) is 0 Å². The van der Waals surface area contributed by atoms with Gasteiger partial charge in [-0.2, -0.15) is 0 Å². The van der Waals surface area contributed by atoms with E-state index in [1.807, 2.05) is 24.3 Å². The van der Waals surface area contributed by atoms with Gasteiger partial charge >= 0.3 is 6.03 Å². The van der Waals surface area contributed by atoms with Gasteiger partial charge in [0.1, 0.15) is 18.2 Å². The van der Waals surface area contributed by atoms with E-state index >= 15 is 0 Å². The summed E-state index contributed by atoms with van der Waals surface area (Å²) < 4.78 is 32.5. The largest absolute Gasteiger partial charge is 0.395 e. The number of nitrogens with one attached hydrogen (secondary N) is 1. The summed E-state index contributed by atoms with van der Waals surface area (Å²) in [7, 11) is 1.60. The van der Waals surface area contributed by atoms with Crippen molar-refractivity contribution in [3.8, 4) is 11.8 Å². The molecule has 2 aromatic carbocycles. The average Bonchev–Trinajstić information content (AvgIpc) is 2.81. The highest BCUT2D eigenvalue weighted by atomic mass is 19.1. The number of anilines is 1. The molecule has 2 N–H and O–H groups in total. The van der Waals surface area contributed by atoms with Crippen molar-refractivity contribution in [3.05, 3.63) is 65.2 Å². The van der Waals surface area contributed by atoms with Gasteiger partial charge in [-0.05, 0) is 49.2 Å². The van der Waals surface area contributed by atoms with Crippen molar-refractivity contribution >= 4 is 11.7 Å². The normalized spacial score (nSPS) is 22.5. The zero-order chi connectivity index (χ0) is 24.1. The zero-order valence-electron chi connectivity index (χ0n) is 19.1. The molecule has 6 nitrogen and oxygen atoms in total. The van der Waals surface area contributed by atoms with Gasteiger partial charge in [0.2, 0.25) is 0 Å². The lowest BCUT2D eigenvalue weighted by molar-refractivity contribution is -0.0585. The quantitative estimate of drug-likeness (QED) is 0.674. The van der Waals surface area contributed by atoms with Gasteiger partial charge in [0, 0.05) is 49.8 Å². The Labute approximate surface area is 198 Å². The maximum absolute atomic E-state index is 14.1. The van der Waals surface area contributed by atoms with E-state index in [2.05, 4.69) is 22.1 Å². The number of hydrogen-bond acceptors (Lipinski definition) is 4. The Bertz CT molecular complexity index is 1070. The molecular formula is C26H29F2N3O3. The minimum atomic E-state index is -0.682. The Morgan fingerprint density at radius 2 is 1.94 bits per heavy atom. The van der Waals surface area contributed by atoms with Crippen molar-refractivity contribution < 1.29 is 23.4 Å². The number of carbonyl (C=O) groups excluding carboxylic acids is 1. The predicted molar refractivity (Wildman–Crippen MR) is 125 cm³/mol. The smallest absolute Gasteiger partial charge is 0.321 e. The Morgan fingerprint density at radius 3 is 2.68 bits per heavy atom. The Kier molecular flexibility index (Phi) is 7.78. The molecule has 0 radical (unpaired) electrons. The molecular weight excluding hydrogens is 440 g/mol. The number of ether oxygens (including phenoxy) is 1. The van der Waals surface area contributed by atoms with Crippen molar-refractivity contribution in [2.75, 3.05) is 45.3 Å². The van der Waals surface area contributed by atoms with E-state index in [1.54, 1.807) is 12.0 Å². The number of fused-ring (bicyclic) bond motifs is 1. The Hall–Kier alpha value is -2.99. The zero-order valence-corrected chi connectivity index (χ0v) is 19.1. The van der Waals surface area contributed by atoms with Crippen LogP contribution in [0.1, 0.15) is 29.9 Å². The number of carbonyl (C=O) groups is 1. The van der Waals surface area contributed by atoms with Crippen LogP contribution >= 0.6 is 0 Å². The number of aliphatic hydroxyl groups is 1. The van der Waals surface area contributed by atoms with Gasteiger partial charge < -0.3 is 20.1 Å². The number of amides is 2. The van der Waals surface area contributed by atoms with Gasteiger partial charge in [0.25, 0.3) is 0 Å². The van der Waals surface area contributed by atoms with Crippen molar-refractivity contribution in [2.45, 2.75) is 30.8 Å². The molecule has 0 unspecified atom stereocenters. The first-order valence-electron chi connectivity index (χ1n) is 11.5. The van der Waals surface area contributed by atoms with Gasteiger partial charge in [-0.3, -0.25) is 4.90 Å². The predicted octanol–water partition coefficient (Wildman–Crippen LogP) is 3.42. The van der Waals surface area contributed by atoms with Crippen LogP contribution in [0.15, 0.2) is 42.5 Å². The summed E-state index contributed by atoms with van der Waals surface area (Å²) in [5.41, 5.74) is 1.79. The fraction of sp³-hybridized carbons (Fsp3) is 0.423. The lowest BCUT2D eigenvalue weighted by Crippen LogP contribution is -2.68. The molecule has 8 heteroatoms. The molecule has 4 rings (SSSR count). The summed E-state index contributed by atoms with van der Waals surface area (Å²) in [5, 5.41) is 12.6. The number of urea groups is 1. The first-order valence-corrected chi connectivity index (χ1v) is 11.5. The van der Waals surface area contributed by atoms with E-state index < -0.39 is 17.7 Å². The number of nitrogens with zero attached hydrogens (tertiary/aromatic N) is 2. The third kappa shape index (κ3) is 5.22. The SMILES string of the molecule is COCC#Cc1ccc([C@H]2[C@@H](CO)N3CCCCN(C(=O)Nc4cc(F)ccc4F)C[C@H]23)cc1. The van der Waals surface area contributed by atoms with Gasteiger partial charge in [-0.1, -0.05) is 24.0 Å². The summed E-state index contributed by atoms with van der Waals surface area (Å²) >= 11 is 0. The molecule has 2 aliphatic heterocycles. The highest BCUT2D eigenvalue weighted by molar-refractivity contribution is 5.89. The Balaban J connectivity index is 1.51. The summed E-state index contributed by atoms with van der Waals surface area (Å²) in [5.74, 6) is 4.73. The molecule has 0 spiro atoms. The number of rotatable bonds is 4. The van der Waals surface area contributed by atoms with Crippen LogP contribution in [-0.4, -0.2) is 73.0 Å². The second-order valence-corrected chi connectivity index (χ2v) is 8.65. The molecule has 0 aromatic heterocycles. The van der Waals surface area contributed by atoms with Gasteiger partial charge in [-0.15, -0.1) is 0 Å². The third-order valence-corrected chi connectivity index (χ3v) is 6.57. The number of hydrogen-bond donors (Lipinski definition) is 2. The van der Waals surface area contributed by atoms with Gasteiger partial charge in [-0.25, -0.2) is 13.6 Å². The lowest BCUT2D eigenvalue weighted by Gasteiger charge is -2.57. The van der Waals surface area contributed by atoms with E-state index in [-0.39, 0.29) is 30.3 Å². The van der Waals surface area contributed by atoms with Crippen LogP contribution in [-0.2, 0) is 4.74 Å². The maximum Gasteiger partial charge on any atom is 0.321 e. The average molecular weight is 470 g/mol. The van der Waals surface area contributed by atoms with Crippen molar-refractivity contribution in [2.24, 2.45) is 0 Å². The Morgan fingerprint density at radius 1 is 1.18 bits per heavy atom. The third-order valence-electron chi connectivity index (χ3n) is 6.57. The first kappa shape index (κ1) is 24.1. The highest BCUT2D eigenvalue weighted by Crippen LogP contribution is 2.42. The summed E-state index contributed by atoms with van der Waals surface area (Å²) in [4.78, 5) is 16.9. The van der Waals surface area contributed by atoms with E-state index in [0.717, 1.165) is 48.7 Å². The van der Waals surface area contributed by atoms with Crippen LogP contribution in [0.4, 0.5) is 19.3 Å². The molecule has 2 saturated heterocycles. The second-order valence-electron chi connectivity index (χ2n) is 8.65. The van der Waals surface area contributed by atoms with Crippen molar-refractivity contribution in [3.63, 3.8) is 0 Å². The van der Waals surface area contributed by atoms with E-state index in [9.17, 15) is 18.7 Å². The minimum Gasteiger partial charge on any atom is -0.395 e. The molecule has 3 atom stereocenters. The highest BCUT2D eigenvalue weighted by Gasteiger charge is 2.49.